The van der Waals surface area contributed by atoms with Gasteiger partial charge in [0.05, 0.1) is 0 Å². The monoisotopic (exact) mass is 179 g/mol. The Morgan fingerprint density at radius 3 is 2.31 bits per heavy atom. The number of rotatable bonds is 2. The zero-order valence-electron chi connectivity index (χ0n) is 8.01. The van der Waals surface area contributed by atoms with E-state index in [9.17, 15) is 4.79 Å². The van der Waals surface area contributed by atoms with Gasteiger partial charge in [0.15, 0.2) is 0 Å². The molecular formula is C11H17NO. The summed E-state index contributed by atoms with van der Waals surface area (Å²) < 4.78 is 0. The molecule has 0 heterocycles. The Morgan fingerprint density at radius 1 is 1.15 bits per heavy atom. The predicted octanol–water partition coefficient (Wildman–Crippen LogP) is 1.85. The highest BCUT2D eigenvalue weighted by molar-refractivity contribution is 5.83. The van der Waals surface area contributed by atoms with Crippen LogP contribution >= 0.6 is 0 Å². The molecule has 0 spiro atoms. The fraction of sp³-hybridized carbons (Fsp3) is 0.909. The van der Waals surface area contributed by atoms with E-state index in [1.54, 1.807) is 0 Å². The van der Waals surface area contributed by atoms with Crippen LogP contribution in [0.15, 0.2) is 0 Å². The molecule has 1 amide bonds. The van der Waals surface area contributed by atoms with Crippen LogP contribution in [0.1, 0.15) is 44.9 Å². The van der Waals surface area contributed by atoms with Crippen LogP contribution in [0, 0.1) is 11.3 Å². The quantitative estimate of drug-likeness (QED) is 0.688. The Labute approximate surface area is 79.1 Å². The van der Waals surface area contributed by atoms with Crippen molar-refractivity contribution >= 4 is 5.91 Å². The number of fused-ring (bicyclic) bond motifs is 2. The third-order valence-corrected chi connectivity index (χ3v) is 4.14. The number of carbonyl (C=O) groups excluding carboxylic acids is 1. The average molecular weight is 179 g/mol. The van der Waals surface area contributed by atoms with Gasteiger partial charge in [-0.2, -0.15) is 0 Å². The molecule has 0 aromatic carbocycles. The highest BCUT2D eigenvalue weighted by Gasteiger charge is 2.50. The molecule has 13 heavy (non-hydrogen) atoms. The predicted molar refractivity (Wildman–Crippen MR) is 50.2 cm³/mol. The van der Waals surface area contributed by atoms with Crippen LogP contribution in [-0.2, 0) is 4.79 Å². The van der Waals surface area contributed by atoms with Crippen LogP contribution in [0.2, 0.25) is 0 Å². The normalized spacial score (nSPS) is 42.3. The molecule has 3 saturated carbocycles. The molecule has 3 aliphatic carbocycles. The van der Waals surface area contributed by atoms with Crippen molar-refractivity contribution in [2.75, 3.05) is 0 Å². The van der Waals surface area contributed by atoms with Gasteiger partial charge in [-0.15, -0.1) is 0 Å². The summed E-state index contributed by atoms with van der Waals surface area (Å²) in [6.07, 6.45) is 8.55. The van der Waals surface area contributed by atoms with Crippen molar-refractivity contribution < 1.29 is 4.79 Å². The molecule has 0 radical (unpaired) electrons. The van der Waals surface area contributed by atoms with Gasteiger partial charge >= 0.3 is 0 Å². The summed E-state index contributed by atoms with van der Waals surface area (Å²) in [7, 11) is 0. The van der Waals surface area contributed by atoms with Crippen LogP contribution in [0.3, 0.4) is 0 Å². The minimum Gasteiger partial charge on any atom is -0.353 e. The summed E-state index contributed by atoms with van der Waals surface area (Å²) in [5.41, 5.74) is 0.0905. The number of carbonyl (C=O) groups is 1. The summed E-state index contributed by atoms with van der Waals surface area (Å²) in [6.45, 7) is 0. The molecule has 0 aromatic rings. The van der Waals surface area contributed by atoms with Gasteiger partial charge in [-0.25, -0.2) is 0 Å². The van der Waals surface area contributed by atoms with Crippen LogP contribution in [0.25, 0.3) is 0 Å². The maximum Gasteiger partial charge on any atom is 0.226 e. The molecule has 2 bridgehead atoms. The number of hydrogen-bond acceptors (Lipinski definition) is 1. The summed E-state index contributed by atoms with van der Waals surface area (Å²) in [5.74, 6) is 1.26. The lowest BCUT2D eigenvalue weighted by molar-refractivity contribution is -0.130. The molecular weight excluding hydrogens is 162 g/mol. The van der Waals surface area contributed by atoms with Crippen LogP contribution in [0.4, 0.5) is 0 Å². The van der Waals surface area contributed by atoms with Crippen molar-refractivity contribution in [2.24, 2.45) is 11.3 Å². The molecule has 0 atom stereocenters. The molecule has 3 fully saturated rings. The van der Waals surface area contributed by atoms with Crippen molar-refractivity contribution in [1.82, 2.24) is 5.32 Å². The Morgan fingerprint density at radius 2 is 1.85 bits per heavy atom. The van der Waals surface area contributed by atoms with E-state index in [0.717, 1.165) is 18.8 Å². The van der Waals surface area contributed by atoms with Crippen LogP contribution < -0.4 is 5.32 Å². The molecule has 2 nitrogen and oxygen atoms in total. The third-order valence-electron chi connectivity index (χ3n) is 4.14. The van der Waals surface area contributed by atoms with Crippen molar-refractivity contribution in [3.8, 4) is 0 Å². The molecule has 0 aromatic heterocycles. The molecule has 3 aliphatic rings. The van der Waals surface area contributed by atoms with Crippen molar-refractivity contribution in [2.45, 2.75) is 51.0 Å². The average Bonchev–Trinajstić information content (AvgIpc) is 2.75. The Kier molecular flexibility index (Phi) is 1.50. The van der Waals surface area contributed by atoms with Gasteiger partial charge in [-0.05, 0) is 50.9 Å². The molecule has 0 aliphatic heterocycles. The lowest BCUT2D eigenvalue weighted by Crippen LogP contribution is -2.39. The molecule has 3 rings (SSSR count). The molecule has 1 N–H and O–H groups in total. The first-order valence-electron chi connectivity index (χ1n) is 5.59. The second-order valence-corrected chi connectivity index (χ2v) is 5.18. The van der Waals surface area contributed by atoms with E-state index in [1.165, 1.54) is 32.1 Å². The maximum absolute atomic E-state index is 12.0. The maximum atomic E-state index is 12.0. The van der Waals surface area contributed by atoms with Gasteiger partial charge in [0.25, 0.3) is 0 Å². The number of nitrogens with one attached hydrogen (secondary N) is 1. The Bertz CT molecular complexity index is 236. The molecule has 0 unspecified atom stereocenters. The Hall–Kier alpha value is -0.530. The Balaban J connectivity index is 1.71. The first-order chi connectivity index (χ1) is 6.28. The van der Waals surface area contributed by atoms with E-state index in [0.29, 0.717) is 11.9 Å². The summed E-state index contributed by atoms with van der Waals surface area (Å²) in [5, 5.41) is 3.18. The van der Waals surface area contributed by atoms with E-state index in [1.807, 2.05) is 0 Å². The minimum atomic E-state index is 0.0905. The largest absolute Gasteiger partial charge is 0.353 e. The fourth-order valence-electron chi connectivity index (χ4n) is 3.08. The highest BCUT2D eigenvalue weighted by Crippen LogP contribution is 2.54. The van der Waals surface area contributed by atoms with E-state index in [-0.39, 0.29) is 5.41 Å². The van der Waals surface area contributed by atoms with Crippen LogP contribution in [-0.4, -0.2) is 11.9 Å². The highest BCUT2D eigenvalue weighted by atomic mass is 16.2. The van der Waals surface area contributed by atoms with Gasteiger partial charge < -0.3 is 5.32 Å². The summed E-state index contributed by atoms with van der Waals surface area (Å²) in [6, 6.07) is 0.543. The van der Waals surface area contributed by atoms with Crippen molar-refractivity contribution in [1.29, 1.82) is 0 Å². The summed E-state index contributed by atoms with van der Waals surface area (Å²) in [4.78, 5) is 12.0. The topological polar surface area (TPSA) is 29.1 Å². The van der Waals surface area contributed by atoms with Crippen molar-refractivity contribution in [3.05, 3.63) is 0 Å². The SMILES string of the molecule is O=C(NC1CC1)C12CCC(CC1)C2. The van der Waals surface area contributed by atoms with Gasteiger partial charge in [-0.1, -0.05) is 0 Å². The van der Waals surface area contributed by atoms with E-state index < -0.39 is 0 Å². The number of amides is 1. The lowest BCUT2D eigenvalue weighted by atomic mass is 9.83. The zero-order chi connectivity index (χ0) is 8.89. The smallest absolute Gasteiger partial charge is 0.226 e. The standard InChI is InChI=1S/C11H17NO/c13-10(12-9-1-2-9)11-5-3-8(7-11)4-6-11/h8-9H,1-7H2,(H,12,13). The lowest BCUT2D eigenvalue weighted by Gasteiger charge is -2.24. The van der Waals surface area contributed by atoms with E-state index in [2.05, 4.69) is 5.32 Å². The second-order valence-electron chi connectivity index (χ2n) is 5.18. The summed E-state index contributed by atoms with van der Waals surface area (Å²) >= 11 is 0. The van der Waals surface area contributed by atoms with Crippen molar-refractivity contribution in [3.63, 3.8) is 0 Å². The molecule has 72 valence electrons. The first kappa shape index (κ1) is 7.84. The van der Waals surface area contributed by atoms with E-state index in [4.69, 9.17) is 0 Å². The molecule has 2 heteroatoms. The molecule has 0 saturated heterocycles. The van der Waals surface area contributed by atoms with Gasteiger partial charge in [0.1, 0.15) is 0 Å². The third kappa shape index (κ3) is 1.18. The van der Waals surface area contributed by atoms with Crippen LogP contribution in [0.5, 0.6) is 0 Å². The zero-order valence-corrected chi connectivity index (χ0v) is 8.01. The minimum absolute atomic E-state index is 0.0905. The van der Waals surface area contributed by atoms with Gasteiger partial charge in [0.2, 0.25) is 5.91 Å². The number of hydrogen-bond donors (Lipinski definition) is 1. The van der Waals surface area contributed by atoms with Gasteiger partial charge in [0, 0.05) is 11.5 Å². The van der Waals surface area contributed by atoms with E-state index >= 15 is 0 Å². The fourth-order valence-corrected chi connectivity index (χ4v) is 3.08. The first-order valence-corrected chi connectivity index (χ1v) is 5.59. The van der Waals surface area contributed by atoms with Gasteiger partial charge in [-0.3, -0.25) is 4.79 Å². The second kappa shape index (κ2) is 2.49.